The number of carbonyl (C=O) groups is 1. The monoisotopic (exact) mass is 505 g/mol. The van der Waals surface area contributed by atoms with Gasteiger partial charge < -0.3 is 10.1 Å². The standard InChI is InChI=1S/C25H20ClF4N3O2/c1-14-11-17(26)3-9-21(14)23(15(2)32-24(34)25(28,29)30)35-20-8-10-22-16(12-20)13-31-33(22)19-6-4-18(27)5-7-19/h3-13,15,23H,1-2H3,(H,32,34)/t15-,23-/m0/s1. The average Bonchev–Trinajstić information content (AvgIpc) is 3.21. The Hall–Kier alpha value is -3.59. The predicted molar refractivity (Wildman–Crippen MR) is 124 cm³/mol. The van der Waals surface area contributed by atoms with E-state index in [0.717, 1.165) is 5.52 Å². The summed E-state index contributed by atoms with van der Waals surface area (Å²) in [6, 6.07) is 14.8. The zero-order valence-corrected chi connectivity index (χ0v) is 19.4. The van der Waals surface area contributed by atoms with Gasteiger partial charge in [-0.15, -0.1) is 0 Å². The molecule has 0 saturated carbocycles. The number of nitrogens with zero attached hydrogens (tertiary/aromatic N) is 2. The van der Waals surface area contributed by atoms with Crippen LogP contribution < -0.4 is 10.1 Å². The number of aromatic nitrogens is 2. The summed E-state index contributed by atoms with van der Waals surface area (Å²) in [6.07, 6.45) is -4.37. The molecule has 1 aromatic heterocycles. The number of benzene rings is 3. The van der Waals surface area contributed by atoms with Crippen molar-refractivity contribution >= 4 is 28.4 Å². The second kappa shape index (κ2) is 9.58. The first-order valence-corrected chi connectivity index (χ1v) is 10.9. The van der Waals surface area contributed by atoms with E-state index in [1.807, 2.05) is 5.32 Å². The van der Waals surface area contributed by atoms with Gasteiger partial charge >= 0.3 is 12.1 Å². The van der Waals surface area contributed by atoms with Gasteiger partial charge in [0.15, 0.2) is 0 Å². The summed E-state index contributed by atoms with van der Waals surface area (Å²) in [5, 5.41) is 7.48. The fourth-order valence-electron chi connectivity index (χ4n) is 3.78. The van der Waals surface area contributed by atoms with Crippen LogP contribution in [-0.2, 0) is 4.79 Å². The lowest BCUT2D eigenvalue weighted by Crippen LogP contribution is -2.45. The third-order valence-corrected chi connectivity index (χ3v) is 5.72. The zero-order valence-electron chi connectivity index (χ0n) is 18.6. The van der Waals surface area contributed by atoms with Gasteiger partial charge in [0.25, 0.3) is 0 Å². The SMILES string of the molecule is Cc1cc(Cl)ccc1[C@@H](Oc1ccc2c(cnn2-c2ccc(F)cc2)c1)[C@H](C)NC(=O)C(F)(F)F. The van der Waals surface area contributed by atoms with E-state index in [9.17, 15) is 22.4 Å². The van der Waals surface area contributed by atoms with Crippen molar-refractivity contribution in [2.45, 2.75) is 32.2 Å². The topological polar surface area (TPSA) is 56.1 Å². The van der Waals surface area contributed by atoms with E-state index in [1.165, 1.54) is 19.1 Å². The van der Waals surface area contributed by atoms with Gasteiger partial charge in [0.1, 0.15) is 17.7 Å². The predicted octanol–water partition coefficient (Wildman–Crippen LogP) is 6.31. The fourth-order valence-corrected chi connectivity index (χ4v) is 4.00. The van der Waals surface area contributed by atoms with Crippen LogP contribution in [0.2, 0.25) is 5.02 Å². The Balaban J connectivity index is 1.67. The van der Waals surface area contributed by atoms with Crippen LogP contribution in [0.5, 0.6) is 5.75 Å². The molecule has 1 amide bonds. The largest absolute Gasteiger partial charge is 0.484 e. The van der Waals surface area contributed by atoms with Gasteiger partial charge in [0.05, 0.1) is 23.4 Å². The molecule has 5 nitrogen and oxygen atoms in total. The van der Waals surface area contributed by atoms with E-state index >= 15 is 0 Å². The number of carbonyl (C=O) groups excluding carboxylic acids is 1. The molecule has 4 aromatic rings. The Kier molecular flexibility index (Phi) is 6.71. The third kappa shape index (κ3) is 5.40. The Morgan fingerprint density at radius 2 is 1.80 bits per heavy atom. The second-order valence-electron chi connectivity index (χ2n) is 8.05. The van der Waals surface area contributed by atoms with E-state index < -0.39 is 24.2 Å². The minimum absolute atomic E-state index is 0.364. The van der Waals surface area contributed by atoms with Gasteiger partial charge in [0, 0.05) is 10.4 Å². The lowest BCUT2D eigenvalue weighted by Gasteiger charge is -2.28. The van der Waals surface area contributed by atoms with Crippen molar-refractivity contribution in [3.8, 4) is 11.4 Å². The number of rotatable bonds is 6. The first-order valence-electron chi connectivity index (χ1n) is 10.6. The molecule has 0 bridgehead atoms. The Morgan fingerprint density at radius 3 is 2.46 bits per heavy atom. The molecule has 182 valence electrons. The summed E-state index contributed by atoms with van der Waals surface area (Å²) in [4.78, 5) is 11.6. The van der Waals surface area contributed by atoms with Gasteiger partial charge in [-0.2, -0.15) is 18.3 Å². The van der Waals surface area contributed by atoms with Crippen LogP contribution >= 0.6 is 11.6 Å². The Bertz CT molecular complexity index is 1370. The number of ether oxygens (including phenoxy) is 1. The van der Waals surface area contributed by atoms with Crippen LogP contribution in [0, 0.1) is 12.7 Å². The van der Waals surface area contributed by atoms with E-state index in [0.29, 0.717) is 33.0 Å². The summed E-state index contributed by atoms with van der Waals surface area (Å²) in [7, 11) is 0. The summed E-state index contributed by atoms with van der Waals surface area (Å²) in [5.41, 5.74) is 2.65. The lowest BCUT2D eigenvalue weighted by atomic mass is 9.98. The van der Waals surface area contributed by atoms with Gasteiger partial charge in [-0.25, -0.2) is 9.07 Å². The third-order valence-electron chi connectivity index (χ3n) is 5.48. The van der Waals surface area contributed by atoms with Crippen molar-refractivity contribution in [1.82, 2.24) is 15.1 Å². The molecule has 2 atom stereocenters. The van der Waals surface area contributed by atoms with Crippen LogP contribution in [0.3, 0.4) is 0 Å². The van der Waals surface area contributed by atoms with Crippen molar-refractivity contribution in [3.63, 3.8) is 0 Å². The summed E-state index contributed by atoms with van der Waals surface area (Å²) in [6.45, 7) is 3.19. The molecule has 1 N–H and O–H groups in total. The van der Waals surface area contributed by atoms with Crippen LogP contribution in [0.4, 0.5) is 17.6 Å². The molecule has 10 heteroatoms. The van der Waals surface area contributed by atoms with Crippen molar-refractivity contribution in [1.29, 1.82) is 0 Å². The quantitative estimate of drug-likeness (QED) is 0.312. The zero-order chi connectivity index (χ0) is 25.3. The minimum Gasteiger partial charge on any atom is -0.484 e. The number of halogens is 5. The number of fused-ring (bicyclic) bond motifs is 1. The van der Waals surface area contributed by atoms with Gasteiger partial charge in [-0.3, -0.25) is 4.79 Å². The number of alkyl halides is 3. The Labute approximate surface area is 203 Å². The molecule has 0 aliphatic rings. The normalized spacial score (nSPS) is 13.5. The van der Waals surface area contributed by atoms with Crippen molar-refractivity contribution in [2.24, 2.45) is 0 Å². The maximum atomic E-state index is 13.3. The molecule has 0 radical (unpaired) electrons. The molecule has 0 aliphatic carbocycles. The molecule has 4 rings (SSSR count). The van der Waals surface area contributed by atoms with Crippen LogP contribution in [0.1, 0.15) is 24.2 Å². The molecule has 35 heavy (non-hydrogen) atoms. The molecule has 0 spiro atoms. The number of amides is 1. The number of aryl methyl sites for hydroxylation is 1. The first kappa shape index (κ1) is 24.5. The highest BCUT2D eigenvalue weighted by Gasteiger charge is 2.40. The summed E-state index contributed by atoms with van der Waals surface area (Å²) < 4.78 is 59.6. The van der Waals surface area contributed by atoms with Gasteiger partial charge in [0.2, 0.25) is 0 Å². The van der Waals surface area contributed by atoms with Crippen molar-refractivity contribution < 1.29 is 27.1 Å². The smallest absolute Gasteiger partial charge is 0.471 e. The fraction of sp³-hybridized carbons (Fsp3) is 0.200. The van der Waals surface area contributed by atoms with Gasteiger partial charge in [-0.1, -0.05) is 17.7 Å². The maximum Gasteiger partial charge on any atom is 0.471 e. The highest BCUT2D eigenvalue weighted by molar-refractivity contribution is 6.30. The van der Waals surface area contributed by atoms with Crippen LogP contribution in [-0.4, -0.2) is 27.9 Å². The highest BCUT2D eigenvalue weighted by Crippen LogP contribution is 2.32. The molecule has 3 aromatic carbocycles. The molecule has 1 heterocycles. The number of hydrogen-bond donors (Lipinski definition) is 1. The van der Waals surface area contributed by atoms with Crippen LogP contribution in [0.15, 0.2) is 66.9 Å². The van der Waals surface area contributed by atoms with E-state index in [4.69, 9.17) is 16.3 Å². The summed E-state index contributed by atoms with van der Waals surface area (Å²) >= 11 is 6.04. The highest BCUT2D eigenvalue weighted by atomic mass is 35.5. The molecular weight excluding hydrogens is 486 g/mol. The number of hydrogen-bond acceptors (Lipinski definition) is 3. The van der Waals surface area contributed by atoms with E-state index in [-0.39, 0.29) is 5.82 Å². The molecule has 0 fully saturated rings. The molecule has 0 unspecified atom stereocenters. The average molecular weight is 506 g/mol. The van der Waals surface area contributed by atoms with Crippen molar-refractivity contribution in [3.05, 3.63) is 88.8 Å². The maximum absolute atomic E-state index is 13.3. The second-order valence-corrected chi connectivity index (χ2v) is 8.49. The van der Waals surface area contributed by atoms with E-state index in [1.54, 1.807) is 66.3 Å². The van der Waals surface area contributed by atoms with Crippen molar-refractivity contribution in [2.75, 3.05) is 0 Å². The molecule has 0 saturated heterocycles. The van der Waals surface area contributed by atoms with E-state index in [2.05, 4.69) is 5.10 Å². The Morgan fingerprint density at radius 1 is 1.09 bits per heavy atom. The minimum atomic E-state index is -5.03. The molecular formula is C25H20ClF4N3O2. The van der Waals surface area contributed by atoms with Crippen LogP contribution in [0.25, 0.3) is 16.6 Å². The number of nitrogens with one attached hydrogen (secondary N) is 1. The van der Waals surface area contributed by atoms with Gasteiger partial charge in [-0.05, 0) is 79.6 Å². The lowest BCUT2D eigenvalue weighted by molar-refractivity contribution is -0.174. The molecule has 0 aliphatic heterocycles. The summed E-state index contributed by atoms with van der Waals surface area (Å²) in [5.74, 6) is -2.05. The first-order chi connectivity index (χ1) is 16.5.